The van der Waals surface area contributed by atoms with E-state index in [4.69, 9.17) is 11.6 Å². The fraction of sp³-hybridized carbons (Fsp3) is 0.118. The first kappa shape index (κ1) is 16.0. The summed E-state index contributed by atoms with van der Waals surface area (Å²) in [6.07, 6.45) is -0.00757. The molecule has 2 amide bonds. The maximum atomic E-state index is 12.4. The summed E-state index contributed by atoms with van der Waals surface area (Å²) in [4.78, 5) is 28.5. The van der Waals surface area contributed by atoms with Gasteiger partial charge in [0.25, 0.3) is 0 Å². The van der Waals surface area contributed by atoms with Gasteiger partial charge < -0.3 is 10.6 Å². The molecule has 1 atom stereocenters. The lowest BCUT2D eigenvalue weighted by molar-refractivity contribution is -0.124. The monoisotopic (exact) mass is 342 g/mol. The number of guanidine groups is 1. The fourth-order valence-electron chi connectivity index (χ4n) is 2.26. The molecular weight excluding hydrogens is 328 g/mol. The van der Waals surface area contributed by atoms with E-state index >= 15 is 0 Å². The van der Waals surface area contributed by atoms with E-state index in [2.05, 4.69) is 20.9 Å². The van der Waals surface area contributed by atoms with Crippen molar-refractivity contribution in [3.8, 4) is 0 Å². The molecule has 1 aliphatic heterocycles. The number of para-hydroxylation sites is 1. The number of nitrogens with one attached hydrogen (secondary N) is 3. The Balaban J connectivity index is 1.73. The third-order valence-corrected chi connectivity index (χ3v) is 3.59. The number of halogens is 1. The van der Waals surface area contributed by atoms with Crippen LogP contribution in [-0.4, -0.2) is 23.8 Å². The van der Waals surface area contributed by atoms with Crippen molar-refractivity contribution in [1.29, 1.82) is 0 Å². The second kappa shape index (κ2) is 7.14. The quantitative estimate of drug-likeness (QED) is 0.802. The van der Waals surface area contributed by atoms with Crippen LogP contribution in [0.3, 0.4) is 0 Å². The largest absolute Gasteiger partial charge is 0.326 e. The highest BCUT2D eigenvalue weighted by Crippen LogP contribution is 2.16. The van der Waals surface area contributed by atoms with Gasteiger partial charge in [0, 0.05) is 16.4 Å². The van der Waals surface area contributed by atoms with E-state index in [0.717, 1.165) is 5.69 Å². The van der Waals surface area contributed by atoms with Crippen LogP contribution < -0.4 is 16.0 Å². The van der Waals surface area contributed by atoms with Crippen LogP contribution in [0.5, 0.6) is 0 Å². The van der Waals surface area contributed by atoms with Crippen LogP contribution in [0.4, 0.5) is 11.4 Å². The number of hydrogen-bond donors (Lipinski definition) is 3. The summed E-state index contributed by atoms with van der Waals surface area (Å²) >= 11 is 5.90. The molecule has 24 heavy (non-hydrogen) atoms. The van der Waals surface area contributed by atoms with E-state index in [0.29, 0.717) is 10.7 Å². The van der Waals surface area contributed by atoms with Gasteiger partial charge in [0.1, 0.15) is 6.04 Å². The molecule has 7 heteroatoms. The molecule has 0 saturated carbocycles. The van der Waals surface area contributed by atoms with Crippen molar-refractivity contribution < 1.29 is 9.59 Å². The second-order valence-electron chi connectivity index (χ2n) is 5.24. The van der Waals surface area contributed by atoms with Gasteiger partial charge in [-0.1, -0.05) is 35.9 Å². The lowest BCUT2D eigenvalue weighted by Crippen LogP contribution is -2.45. The average molecular weight is 343 g/mol. The van der Waals surface area contributed by atoms with Gasteiger partial charge in [0.2, 0.25) is 17.8 Å². The lowest BCUT2D eigenvalue weighted by Gasteiger charge is -2.21. The van der Waals surface area contributed by atoms with Gasteiger partial charge in [-0.25, -0.2) is 4.99 Å². The molecule has 0 aromatic heterocycles. The smallest absolute Gasteiger partial charge is 0.249 e. The summed E-state index contributed by atoms with van der Waals surface area (Å²) in [6, 6.07) is 15.3. The topological polar surface area (TPSA) is 82.6 Å². The van der Waals surface area contributed by atoms with Crippen LogP contribution in [0.1, 0.15) is 6.42 Å². The molecule has 2 aromatic carbocycles. The molecule has 0 spiro atoms. The van der Waals surface area contributed by atoms with Crippen LogP contribution in [0, 0.1) is 0 Å². The van der Waals surface area contributed by atoms with Gasteiger partial charge in [-0.3, -0.25) is 14.9 Å². The maximum Gasteiger partial charge on any atom is 0.249 e. The van der Waals surface area contributed by atoms with Crippen LogP contribution in [0.2, 0.25) is 5.02 Å². The van der Waals surface area contributed by atoms with Crippen LogP contribution >= 0.6 is 11.6 Å². The molecule has 0 bridgehead atoms. The summed E-state index contributed by atoms with van der Waals surface area (Å²) in [7, 11) is 0. The molecule has 0 unspecified atom stereocenters. The average Bonchev–Trinajstić information content (AvgIpc) is 2.55. The molecule has 1 aliphatic rings. The van der Waals surface area contributed by atoms with Crippen LogP contribution in [-0.2, 0) is 9.59 Å². The molecule has 0 aliphatic carbocycles. The minimum Gasteiger partial charge on any atom is -0.326 e. The second-order valence-corrected chi connectivity index (χ2v) is 5.67. The number of nitrogens with zero attached hydrogens (tertiary/aromatic N) is 1. The summed E-state index contributed by atoms with van der Waals surface area (Å²) in [5.74, 6) is -0.377. The molecular formula is C17H15ClN4O2. The van der Waals surface area contributed by atoms with Gasteiger partial charge in [-0.2, -0.15) is 0 Å². The number of amides is 2. The van der Waals surface area contributed by atoms with E-state index < -0.39 is 6.04 Å². The van der Waals surface area contributed by atoms with Gasteiger partial charge in [-0.05, 0) is 30.3 Å². The third kappa shape index (κ3) is 4.11. The number of carbonyl (C=O) groups is 2. The van der Waals surface area contributed by atoms with E-state index in [1.54, 1.807) is 24.3 Å². The first-order chi connectivity index (χ1) is 11.6. The van der Waals surface area contributed by atoms with Gasteiger partial charge >= 0.3 is 0 Å². The Kier molecular flexibility index (Phi) is 4.77. The summed E-state index contributed by atoms with van der Waals surface area (Å²) in [6.45, 7) is 0. The number of carbonyl (C=O) groups excluding carboxylic acids is 2. The number of rotatable bonds is 3. The highest BCUT2D eigenvalue weighted by molar-refractivity contribution is 6.30. The van der Waals surface area contributed by atoms with Crippen molar-refractivity contribution in [1.82, 2.24) is 5.32 Å². The molecule has 3 N–H and O–H groups in total. The zero-order chi connectivity index (χ0) is 16.9. The SMILES string of the molecule is O=C1C[C@@H](C(=O)Nc2cccc(Cl)c2)N=C(Nc2ccccc2)N1. The Labute approximate surface area is 143 Å². The Morgan fingerprint density at radius 3 is 2.62 bits per heavy atom. The summed E-state index contributed by atoms with van der Waals surface area (Å²) in [5, 5.41) is 8.84. The molecule has 6 nitrogen and oxygen atoms in total. The summed E-state index contributed by atoms with van der Waals surface area (Å²) in [5.41, 5.74) is 1.33. The first-order valence-electron chi connectivity index (χ1n) is 7.36. The molecule has 2 aromatic rings. The van der Waals surface area contributed by atoms with E-state index in [9.17, 15) is 9.59 Å². The van der Waals surface area contributed by atoms with Crippen LogP contribution in [0.25, 0.3) is 0 Å². The number of aliphatic imine (C=N–C) groups is 1. The Bertz CT molecular complexity index is 792. The van der Waals surface area contributed by atoms with E-state index in [1.807, 2.05) is 30.3 Å². The Morgan fingerprint density at radius 2 is 1.88 bits per heavy atom. The van der Waals surface area contributed by atoms with Gasteiger partial charge in [-0.15, -0.1) is 0 Å². The number of hydrogen-bond acceptors (Lipinski definition) is 4. The standard InChI is InChI=1S/C17H15ClN4O2/c18-11-5-4-8-13(9-11)19-16(24)14-10-15(23)22-17(21-14)20-12-6-2-1-3-7-12/h1-9,14H,10H2,(H,19,24)(H2,20,21,22,23)/t14-/m0/s1. The third-order valence-electron chi connectivity index (χ3n) is 3.35. The van der Waals surface area contributed by atoms with E-state index in [-0.39, 0.29) is 24.2 Å². The Hall–Kier alpha value is -2.86. The zero-order valence-electron chi connectivity index (χ0n) is 12.6. The molecule has 0 radical (unpaired) electrons. The predicted octanol–water partition coefficient (Wildman–Crippen LogP) is 2.64. The normalized spacial score (nSPS) is 16.8. The van der Waals surface area contributed by atoms with Crippen molar-refractivity contribution in [2.24, 2.45) is 4.99 Å². The highest BCUT2D eigenvalue weighted by Gasteiger charge is 2.27. The van der Waals surface area contributed by atoms with E-state index in [1.165, 1.54) is 0 Å². The van der Waals surface area contributed by atoms with Crippen molar-refractivity contribution in [2.45, 2.75) is 12.5 Å². The first-order valence-corrected chi connectivity index (χ1v) is 7.74. The van der Waals surface area contributed by atoms with Crippen molar-refractivity contribution >= 4 is 40.7 Å². The predicted molar refractivity (Wildman–Crippen MR) is 94.1 cm³/mol. The minimum absolute atomic E-state index is 0.00757. The number of benzene rings is 2. The molecule has 122 valence electrons. The molecule has 3 rings (SSSR count). The minimum atomic E-state index is -0.802. The van der Waals surface area contributed by atoms with Gasteiger partial charge in [0.15, 0.2) is 0 Å². The highest BCUT2D eigenvalue weighted by atomic mass is 35.5. The zero-order valence-corrected chi connectivity index (χ0v) is 13.4. The van der Waals surface area contributed by atoms with Gasteiger partial charge in [0.05, 0.1) is 6.42 Å². The van der Waals surface area contributed by atoms with Crippen molar-refractivity contribution in [3.05, 3.63) is 59.6 Å². The summed E-state index contributed by atoms with van der Waals surface area (Å²) < 4.78 is 0. The lowest BCUT2D eigenvalue weighted by atomic mass is 10.1. The van der Waals surface area contributed by atoms with Crippen LogP contribution in [0.15, 0.2) is 59.6 Å². The molecule has 0 fully saturated rings. The van der Waals surface area contributed by atoms with Crippen molar-refractivity contribution in [3.63, 3.8) is 0 Å². The molecule has 0 saturated heterocycles. The maximum absolute atomic E-state index is 12.4. The molecule has 1 heterocycles. The van der Waals surface area contributed by atoms with Crippen molar-refractivity contribution in [2.75, 3.05) is 10.6 Å². The fourth-order valence-corrected chi connectivity index (χ4v) is 2.45. The number of anilines is 2. The Morgan fingerprint density at radius 1 is 1.12 bits per heavy atom.